The average Bonchev–Trinajstić information content (AvgIpc) is 3.32. The van der Waals surface area contributed by atoms with E-state index >= 15 is 0 Å². The van der Waals surface area contributed by atoms with Crippen LogP contribution in [0.3, 0.4) is 0 Å². The zero-order valence-corrected chi connectivity index (χ0v) is 20.2. The molecule has 1 amide bonds. The molecule has 0 aliphatic heterocycles. The van der Waals surface area contributed by atoms with Gasteiger partial charge >= 0.3 is 6.01 Å². The topological polar surface area (TPSA) is 140 Å². The standard InChI is InChI=1S/C23H20N4O6S2/c1-27(18-6-4-3-5-7-18)35(31,32)20-14-8-16(9-15-20)21(28)24-23-26-25-22(33-23)17-10-12-19(13-11-17)34(2,29)30/h3-15H,1-2H3,(H,24,26,28). The molecule has 1 N–H and O–H groups in total. The van der Waals surface area contributed by atoms with Gasteiger partial charge in [-0.2, -0.15) is 0 Å². The number of nitrogens with zero attached hydrogens (tertiary/aromatic N) is 3. The summed E-state index contributed by atoms with van der Waals surface area (Å²) < 4.78 is 55.5. The lowest BCUT2D eigenvalue weighted by Crippen LogP contribution is -2.26. The molecule has 0 aliphatic carbocycles. The zero-order chi connectivity index (χ0) is 25.2. The quantitative estimate of drug-likeness (QED) is 0.398. The van der Waals surface area contributed by atoms with E-state index in [2.05, 4.69) is 15.5 Å². The number of para-hydroxylation sites is 1. The largest absolute Gasteiger partial charge is 0.403 e. The summed E-state index contributed by atoms with van der Waals surface area (Å²) in [6.45, 7) is 0. The second-order valence-electron chi connectivity index (χ2n) is 7.50. The third-order valence-electron chi connectivity index (χ3n) is 5.07. The monoisotopic (exact) mass is 512 g/mol. The van der Waals surface area contributed by atoms with Gasteiger partial charge < -0.3 is 4.42 Å². The van der Waals surface area contributed by atoms with Crippen LogP contribution in [0.2, 0.25) is 0 Å². The number of sulfone groups is 1. The van der Waals surface area contributed by atoms with Crippen LogP contribution >= 0.6 is 0 Å². The number of benzene rings is 3. The maximum absolute atomic E-state index is 12.9. The van der Waals surface area contributed by atoms with Crippen LogP contribution in [0, 0.1) is 0 Å². The highest BCUT2D eigenvalue weighted by molar-refractivity contribution is 7.92. The maximum Gasteiger partial charge on any atom is 0.322 e. The molecule has 0 atom stereocenters. The number of sulfonamides is 1. The Labute approximate surface area is 202 Å². The van der Waals surface area contributed by atoms with Gasteiger partial charge in [0, 0.05) is 24.4 Å². The van der Waals surface area contributed by atoms with Crippen molar-refractivity contribution in [2.45, 2.75) is 9.79 Å². The molecule has 4 aromatic rings. The highest BCUT2D eigenvalue weighted by Gasteiger charge is 2.22. The highest BCUT2D eigenvalue weighted by atomic mass is 32.2. The van der Waals surface area contributed by atoms with Gasteiger partial charge in [0.25, 0.3) is 15.9 Å². The Balaban J connectivity index is 1.46. The predicted molar refractivity (Wildman–Crippen MR) is 129 cm³/mol. The molecule has 0 fully saturated rings. The van der Waals surface area contributed by atoms with Crippen molar-refractivity contribution >= 4 is 37.5 Å². The van der Waals surface area contributed by atoms with Crippen molar-refractivity contribution in [3.8, 4) is 11.5 Å². The van der Waals surface area contributed by atoms with Gasteiger partial charge in [-0.15, -0.1) is 5.10 Å². The van der Waals surface area contributed by atoms with Crippen LogP contribution in [0.1, 0.15) is 10.4 Å². The average molecular weight is 513 g/mol. The van der Waals surface area contributed by atoms with Gasteiger partial charge in [0.15, 0.2) is 9.84 Å². The first-order valence-corrected chi connectivity index (χ1v) is 13.5. The van der Waals surface area contributed by atoms with E-state index in [-0.39, 0.29) is 27.3 Å². The molecule has 1 heterocycles. The number of hydrogen-bond acceptors (Lipinski definition) is 8. The third-order valence-corrected chi connectivity index (χ3v) is 8.00. The number of rotatable bonds is 7. The molecule has 0 unspecified atom stereocenters. The fraction of sp³-hybridized carbons (Fsp3) is 0.0870. The lowest BCUT2D eigenvalue weighted by atomic mass is 10.2. The summed E-state index contributed by atoms with van der Waals surface area (Å²) >= 11 is 0. The number of aromatic nitrogens is 2. The lowest BCUT2D eigenvalue weighted by molar-refractivity contribution is 0.102. The van der Waals surface area contributed by atoms with Crippen molar-refractivity contribution < 1.29 is 26.0 Å². The molecule has 3 aromatic carbocycles. The molecule has 12 heteroatoms. The number of nitrogens with one attached hydrogen (secondary N) is 1. The number of anilines is 2. The van der Waals surface area contributed by atoms with Crippen LogP contribution in [-0.4, -0.2) is 46.2 Å². The minimum atomic E-state index is -3.81. The van der Waals surface area contributed by atoms with Crippen molar-refractivity contribution in [3.63, 3.8) is 0 Å². The third kappa shape index (κ3) is 5.23. The predicted octanol–water partition coefficient (Wildman–Crippen LogP) is 3.22. The van der Waals surface area contributed by atoms with Crippen LogP contribution < -0.4 is 9.62 Å². The molecule has 4 rings (SSSR count). The van der Waals surface area contributed by atoms with E-state index in [0.717, 1.165) is 10.6 Å². The fourth-order valence-corrected chi connectivity index (χ4v) is 4.94. The Morgan fingerprint density at radius 3 is 2.03 bits per heavy atom. The Hall–Kier alpha value is -4.03. The van der Waals surface area contributed by atoms with Crippen molar-refractivity contribution in [1.82, 2.24) is 10.2 Å². The molecule has 1 aromatic heterocycles. The Kier molecular flexibility index (Phi) is 6.41. The Morgan fingerprint density at radius 1 is 0.829 bits per heavy atom. The minimum absolute atomic E-state index is 0.0259. The van der Waals surface area contributed by atoms with Crippen molar-refractivity contribution in [2.75, 3.05) is 22.9 Å². The van der Waals surface area contributed by atoms with Crippen LogP contribution in [0.5, 0.6) is 0 Å². The molecular formula is C23H20N4O6S2. The Morgan fingerprint density at radius 2 is 1.43 bits per heavy atom. The van der Waals surface area contributed by atoms with Crippen molar-refractivity contribution in [1.29, 1.82) is 0 Å². The van der Waals surface area contributed by atoms with Crippen LogP contribution in [0.25, 0.3) is 11.5 Å². The van der Waals surface area contributed by atoms with Crippen LogP contribution in [-0.2, 0) is 19.9 Å². The first-order chi connectivity index (χ1) is 16.6. The fourth-order valence-electron chi connectivity index (χ4n) is 3.12. The SMILES string of the molecule is CN(c1ccccc1)S(=O)(=O)c1ccc(C(=O)Nc2nnc(-c3ccc(S(C)(=O)=O)cc3)o2)cc1. The molecular weight excluding hydrogens is 492 g/mol. The summed E-state index contributed by atoms with van der Waals surface area (Å²) in [5.41, 5.74) is 1.17. The number of carbonyl (C=O) groups excluding carboxylic acids is 1. The minimum Gasteiger partial charge on any atom is -0.403 e. The highest BCUT2D eigenvalue weighted by Crippen LogP contribution is 2.24. The van der Waals surface area contributed by atoms with Gasteiger partial charge in [-0.3, -0.25) is 14.4 Å². The van der Waals surface area contributed by atoms with E-state index in [1.54, 1.807) is 30.3 Å². The zero-order valence-electron chi connectivity index (χ0n) is 18.6. The van der Waals surface area contributed by atoms with Gasteiger partial charge in [0.2, 0.25) is 5.89 Å². The molecule has 0 aliphatic rings. The summed E-state index contributed by atoms with van der Waals surface area (Å²) in [4.78, 5) is 12.7. The van der Waals surface area contributed by atoms with E-state index in [1.807, 2.05) is 0 Å². The Bertz CT molecular complexity index is 1570. The summed E-state index contributed by atoms with van der Waals surface area (Å²) in [7, 11) is -5.70. The van der Waals surface area contributed by atoms with E-state index in [0.29, 0.717) is 11.3 Å². The molecule has 0 saturated heterocycles. The lowest BCUT2D eigenvalue weighted by Gasteiger charge is -2.19. The van der Waals surface area contributed by atoms with Gasteiger partial charge in [-0.05, 0) is 60.7 Å². The summed E-state index contributed by atoms with van der Waals surface area (Å²) in [5, 5.41) is 10.1. The second kappa shape index (κ2) is 9.31. The van der Waals surface area contributed by atoms with Gasteiger partial charge in [-0.1, -0.05) is 23.3 Å². The van der Waals surface area contributed by atoms with Crippen LogP contribution in [0.15, 0.2) is 93.1 Å². The molecule has 0 bridgehead atoms. The van der Waals surface area contributed by atoms with Crippen molar-refractivity contribution in [2.24, 2.45) is 0 Å². The molecule has 10 nitrogen and oxygen atoms in total. The van der Waals surface area contributed by atoms with Gasteiger partial charge in [-0.25, -0.2) is 16.8 Å². The summed E-state index contributed by atoms with van der Waals surface area (Å²) in [6, 6.07) is 19.7. The first-order valence-electron chi connectivity index (χ1n) is 10.1. The summed E-state index contributed by atoms with van der Waals surface area (Å²) in [5.74, 6) is -0.487. The number of amides is 1. The normalized spacial score (nSPS) is 11.7. The van der Waals surface area contributed by atoms with Crippen LogP contribution in [0.4, 0.5) is 11.7 Å². The van der Waals surface area contributed by atoms with Gasteiger partial charge in [0.05, 0.1) is 15.5 Å². The van der Waals surface area contributed by atoms with Gasteiger partial charge in [0.1, 0.15) is 0 Å². The van der Waals surface area contributed by atoms with Crippen molar-refractivity contribution in [3.05, 3.63) is 84.4 Å². The molecule has 0 spiro atoms. The maximum atomic E-state index is 12.9. The summed E-state index contributed by atoms with van der Waals surface area (Å²) in [6.07, 6.45) is 1.10. The van der Waals surface area contributed by atoms with E-state index in [9.17, 15) is 21.6 Å². The molecule has 35 heavy (non-hydrogen) atoms. The second-order valence-corrected chi connectivity index (χ2v) is 11.5. The van der Waals surface area contributed by atoms with E-state index < -0.39 is 25.8 Å². The molecule has 180 valence electrons. The number of carbonyl (C=O) groups is 1. The van der Waals surface area contributed by atoms with E-state index in [1.165, 1.54) is 55.6 Å². The first kappa shape index (κ1) is 24.1. The molecule has 0 radical (unpaired) electrons. The number of hydrogen-bond donors (Lipinski definition) is 1. The molecule has 0 saturated carbocycles. The van der Waals surface area contributed by atoms with E-state index in [4.69, 9.17) is 4.42 Å². The smallest absolute Gasteiger partial charge is 0.322 e.